The Morgan fingerprint density at radius 1 is 1.25 bits per heavy atom. The summed E-state index contributed by atoms with van der Waals surface area (Å²) in [4.78, 5) is 0. The molecule has 0 N–H and O–H groups in total. The third-order valence-electron chi connectivity index (χ3n) is 6.14. The first-order valence-corrected chi connectivity index (χ1v) is 9.72. The minimum atomic E-state index is -0.132. The van der Waals surface area contributed by atoms with Crippen LogP contribution in [0.1, 0.15) is 88.8 Å². The minimum absolute atomic E-state index is 0.132. The molecule has 1 aromatic rings. The van der Waals surface area contributed by atoms with Gasteiger partial charge in [-0.1, -0.05) is 33.1 Å². The lowest BCUT2D eigenvalue weighted by Gasteiger charge is -2.49. The van der Waals surface area contributed by atoms with Gasteiger partial charge in [-0.15, -0.1) is 0 Å². The molecule has 0 unspecified atom stereocenters. The molecular weight excluding hydrogens is 294 g/mol. The van der Waals surface area contributed by atoms with E-state index in [1.165, 1.54) is 49.7 Å². The van der Waals surface area contributed by atoms with Gasteiger partial charge in [-0.2, -0.15) is 5.26 Å². The van der Waals surface area contributed by atoms with Gasteiger partial charge in [-0.05, 0) is 69.1 Å². The van der Waals surface area contributed by atoms with Crippen molar-refractivity contribution in [3.8, 4) is 11.8 Å². The molecule has 1 aliphatic heterocycles. The third kappa shape index (κ3) is 3.18. The summed E-state index contributed by atoms with van der Waals surface area (Å²) in [6.45, 7) is 9.05. The van der Waals surface area contributed by atoms with Gasteiger partial charge in [0.1, 0.15) is 11.4 Å². The summed E-state index contributed by atoms with van der Waals surface area (Å²) in [5.74, 6) is 2.73. The van der Waals surface area contributed by atoms with E-state index in [0.29, 0.717) is 11.8 Å². The second-order valence-electron chi connectivity index (χ2n) is 8.46. The topological polar surface area (TPSA) is 33.0 Å². The van der Waals surface area contributed by atoms with Crippen LogP contribution in [0.2, 0.25) is 0 Å². The van der Waals surface area contributed by atoms with Gasteiger partial charge in [0.2, 0.25) is 0 Å². The molecule has 3 rings (SSSR count). The normalized spacial score (nSPS) is 27.5. The average Bonchev–Trinajstić information content (AvgIpc) is 2.53. The van der Waals surface area contributed by atoms with E-state index >= 15 is 0 Å². The largest absolute Gasteiger partial charge is 0.487 e. The number of ether oxygens (including phenoxy) is 1. The molecule has 1 aromatic carbocycles. The lowest BCUT2D eigenvalue weighted by Crippen LogP contribution is -2.47. The Hall–Kier alpha value is -1.49. The minimum Gasteiger partial charge on any atom is -0.487 e. The highest BCUT2D eigenvalue weighted by Crippen LogP contribution is 2.53. The summed E-state index contributed by atoms with van der Waals surface area (Å²) in [5, 5.41) is 9.77. The van der Waals surface area contributed by atoms with Crippen molar-refractivity contribution in [3.05, 3.63) is 28.8 Å². The maximum absolute atomic E-state index is 9.77. The van der Waals surface area contributed by atoms with Gasteiger partial charge in [0, 0.05) is 11.5 Å². The number of benzene rings is 1. The highest BCUT2D eigenvalue weighted by molar-refractivity contribution is 5.53. The zero-order valence-electron chi connectivity index (χ0n) is 15.7. The van der Waals surface area contributed by atoms with E-state index in [2.05, 4.69) is 45.9 Å². The predicted octanol–water partition coefficient (Wildman–Crippen LogP) is 5.98. The van der Waals surface area contributed by atoms with Gasteiger partial charge in [0.15, 0.2) is 0 Å². The van der Waals surface area contributed by atoms with Crippen LogP contribution in [0.5, 0.6) is 5.75 Å². The predicted molar refractivity (Wildman–Crippen MR) is 98.3 cm³/mol. The fourth-order valence-electron chi connectivity index (χ4n) is 4.86. The van der Waals surface area contributed by atoms with E-state index < -0.39 is 0 Å². The first-order chi connectivity index (χ1) is 11.5. The summed E-state index contributed by atoms with van der Waals surface area (Å²) in [5.41, 5.74) is 3.19. The van der Waals surface area contributed by atoms with Crippen LogP contribution in [0.25, 0.3) is 0 Å². The van der Waals surface area contributed by atoms with Gasteiger partial charge in [-0.25, -0.2) is 0 Å². The van der Waals surface area contributed by atoms with Crippen LogP contribution in [0, 0.1) is 23.2 Å². The number of hydrogen-bond donors (Lipinski definition) is 0. The molecule has 0 saturated heterocycles. The quantitative estimate of drug-likeness (QED) is 0.638. The SMILES string of the molecule is CCCCCc1cc(C#N)c2c(c1)OC(C)(C)[C@@H]1CC[C@@H](C)C[C@@H]21. The summed E-state index contributed by atoms with van der Waals surface area (Å²) >= 11 is 0. The first kappa shape index (κ1) is 17.3. The molecule has 2 aliphatic rings. The zero-order chi connectivity index (χ0) is 17.3. The highest BCUT2D eigenvalue weighted by Gasteiger charge is 2.46. The molecule has 1 aliphatic carbocycles. The Morgan fingerprint density at radius 3 is 2.75 bits per heavy atom. The second kappa shape index (κ2) is 6.79. The lowest BCUT2D eigenvalue weighted by molar-refractivity contribution is -0.0137. The van der Waals surface area contributed by atoms with Gasteiger partial charge in [0.05, 0.1) is 11.6 Å². The molecule has 0 radical (unpaired) electrons. The van der Waals surface area contributed by atoms with E-state index in [1.807, 2.05) is 0 Å². The van der Waals surface area contributed by atoms with Crippen molar-refractivity contribution in [1.29, 1.82) is 5.26 Å². The number of nitrogens with zero attached hydrogens (tertiary/aromatic N) is 1. The zero-order valence-corrected chi connectivity index (χ0v) is 15.7. The van der Waals surface area contributed by atoms with E-state index in [4.69, 9.17) is 4.74 Å². The Morgan fingerprint density at radius 2 is 2.04 bits per heavy atom. The van der Waals surface area contributed by atoms with Crippen molar-refractivity contribution in [2.24, 2.45) is 11.8 Å². The van der Waals surface area contributed by atoms with E-state index in [0.717, 1.165) is 23.7 Å². The van der Waals surface area contributed by atoms with Crippen molar-refractivity contribution < 1.29 is 4.74 Å². The van der Waals surface area contributed by atoms with Crippen LogP contribution in [0.3, 0.4) is 0 Å². The fraction of sp³-hybridized carbons (Fsp3) is 0.682. The van der Waals surface area contributed by atoms with Crippen LogP contribution in [-0.2, 0) is 6.42 Å². The smallest absolute Gasteiger partial charge is 0.125 e. The van der Waals surface area contributed by atoms with E-state index in [9.17, 15) is 5.26 Å². The average molecular weight is 325 g/mol. The fourth-order valence-corrected chi connectivity index (χ4v) is 4.86. The Bertz CT molecular complexity index is 640. The van der Waals surface area contributed by atoms with Gasteiger partial charge in [-0.3, -0.25) is 0 Å². The summed E-state index contributed by atoms with van der Waals surface area (Å²) in [6, 6.07) is 6.84. The number of unbranched alkanes of at least 4 members (excludes halogenated alkanes) is 2. The third-order valence-corrected chi connectivity index (χ3v) is 6.14. The monoisotopic (exact) mass is 325 g/mol. The summed E-state index contributed by atoms with van der Waals surface area (Å²) in [6.07, 6.45) is 8.38. The van der Waals surface area contributed by atoms with Gasteiger partial charge in [0.25, 0.3) is 0 Å². The standard InChI is InChI=1S/C22H31NO/c1-5-6-7-8-16-12-17(14-23)21-18-11-15(2)9-10-19(18)22(3,4)24-20(21)13-16/h12-13,15,18-19H,5-11H2,1-4H3/t15-,18-,19-/m1/s1. The van der Waals surface area contributed by atoms with Gasteiger partial charge >= 0.3 is 0 Å². The van der Waals surface area contributed by atoms with E-state index in [-0.39, 0.29) is 5.60 Å². The van der Waals surface area contributed by atoms with Crippen LogP contribution < -0.4 is 4.74 Å². The van der Waals surface area contributed by atoms with Crippen LogP contribution in [-0.4, -0.2) is 5.60 Å². The maximum Gasteiger partial charge on any atom is 0.125 e. The summed E-state index contributed by atoms with van der Waals surface area (Å²) < 4.78 is 6.46. The van der Waals surface area contributed by atoms with Crippen molar-refractivity contribution in [2.75, 3.05) is 0 Å². The van der Waals surface area contributed by atoms with E-state index in [1.54, 1.807) is 0 Å². The Labute approximate surface area is 147 Å². The molecule has 1 heterocycles. The van der Waals surface area contributed by atoms with Crippen LogP contribution in [0.15, 0.2) is 12.1 Å². The number of rotatable bonds is 4. The van der Waals surface area contributed by atoms with Crippen LogP contribution >= 0.6 is 0 Å². The molecule has 0 aromatic heterocycles. The number of fused-ring (bicyclic) bond motifs is 3. The number of aryl methyl sites for hydroxylation is 1. The van der Waals surface area contributed by atoms with Crippen molar-refractivity contribution in [3.63, 3.8) is 0 Å². The molecule has 1 saturated carbocycles. The molecule has 3 atom stereocenters. The summed E-state index contributed by atoms with van der Waals surface area (Å²) in [7, 11) is 0. The molecule has 0 bridgehead atoms. The molecule has 24 heavy (non-hydrogen) atoms. The Balaban J connectivity index is 2.00. The van der Waals surface area contributed by atoms with Gasteiger partial charge < -0.3 is 4.74 Å². The molecule has 0 amide bonds. The number of nitriles is 1. The van der Waals surface area contributed by atoms with Crippen molar-refractivity contribution in [2.45, 2.75) is 84.2 Å². The molecule has 1 fully saturated rings. The molecular formula is C22H31NO. The molecule has 130 valence electrons. The highest BCUT2D eigenvalue weighted by atomic mass is 16.5. The second-order valence-corrected chi connectivity index (χ2v) is 8.46. The van der Waals surface area contributed by atoms with Crippen molar-refractivity contribution >= 4 is 0 Å². The van der Waals surface area contributed by atoms with Crippen molar-refractivity contribution in [1.82, 2.24) is 0 Å². The molecule has 2 nitrogen and oxygen atoms in total. The van der Waals surface area contributed by atoms with Crippen LogP contribution in [0.4, 0.5) is 0 Å². The molecule has 0 spiro atoms. The maximum atomic E-state index is 9.77. The Kier molecular flexibility index (Phi) is 4.90. The lowest BCUT2D eigenvalue weighted by atomic mass is 9.63. The first-order valence-electron chi connectivity index (χ1n) is 9.72. The number of hydrogen-bond acceptors (Lipinski definition) is 2. The molecule has 2 heteroatoms.